The van der Waals surface area contributed by atoms with Crippen molar-refractivity contribution >= 4 is 11.8 Å². The molecular formula is C38H69NO13. The fourth-order valence-electron chi connectivity index (χ4n) is 8.58. The Bertz CT molecular complexity index is 1190. The molecule has 3 aliphatic rings. The normalized spacial score (nSPS) is 49.0. The number of hydrogen-bond acceptors (Lipinski definition) is 14. The van der Waals surface area contributed by atoms with Crippen molar-refractivity contribution in [3.8, 4) is 0 Å². The van der Waals surface area contributed by atoms with Gasteiger partial charge < -0.3 is 58.5 Å². The molecule has 304 valence electrons. The van der Waals surface area contributed by atoms with Crippen molar-refractivity contribution in [1.82, 2.24) is 4.90 Å². The summed E-state index contributed by atoms with van der Waals surface area (Å²) in [7, 11) is 6.77. The van der Waals surface area contributed by atoms with Gasteiger partial charge in [-0.1, -0.05) is 27.7 Å². The molecule has 0 aromatic heterocycles. The molecule has 0 radical (unpaired) electrons. The van der Waals surface area contributed by atoms with Crippen LogP contribution in [0.1, 0.15) is 94.9 Å². The number of nitrogens with zero attached hydrogens (tertiary/aromatic N) is 1. The van der Waals surface area contributed by atoms with Gasteiger partial charge in [0.1, 0.15) is 29.7 Å². The molecule has 0 aromatic rings. The van der Waals surface area contributed by atoms with Crippen molar-refractivity contribution < 1.29 is 63.2 Å². The van der Waals surface area contributed by atoms with E-state index in [1.165, 1.54) is 21.1 Å². The maximum atomic E-state index is 14.2. The molecule has 3 rings (SSSR count). The number of aliphatic hydroxyl groups excluding tert-OH is 3. The van der Waals surface area contributed by atoms with Crippen LogP contribution < -0.4 is 0 Å². The highest BCUT2D eigenvalue weighted by Crippen LogP contribution is 2.41. The Morgan fingerprint density at radius 1 is 0.846 bits per heavy atom. The SMILES string of the molecule is CC[C@@H]1OC(=O)[C@H](C)[C@H](O[C@H]2C[C@@](C)(OC)[C@@H](O)[C@H](C)O2)[C@H](C)[C@@H](OC2O[C@H](C)C[C@H](N(C)C)[C@H]2O)[C@@](C)(OC)C[C@@H](C)C(=O)C(C)[C@@H](O)[C@]1(C)O. The number of likely N-dealkylation sites (N-methyl/N-ethyl adjacent to an activating group) is 1. The second kappa shape index (κ2) is 17.7. The molecule has 0 bridgehead atoms. The van der Waals surface area contributed by atoms with Gasteiger partial charge in [0.25, 0.3) is 0 Å². The summed E-state index contributed by atoms with van der Waals surface area (Å²) in [6.45, 7) is 17.1. The van der Waals surface area contributed by atoms with Gasteiger partial charge in [-0.15, -0.1) is 0 Å². The quantitative estimate of drug-likeness (QED) is 0.266. The van der Waals surface area contributed by atoms with Crippen LogP contribution in [0, 0.1) is 23.7 Å². The molecule has 4 N–H and O–H groups in total. The largest absolute Gasteiger partial charge is 0.459 e. The molecule has 0 aliphatic carbocycles. The number of aliphatic hydroxyl groups is 4. The number of carbonyl (C=O) groups excluding carboxylic acids is 2. The van der Waals surface area contributed by atoms with Gasteiger partial charge in [0.05, 0.1) is 47.6 Å². The van der Waals surface area contributed by atoms with Crippen molar-refractivity contribution in [3.63, 3.8) is 0 Å². The first-order valence-electron chi connectivity index (χ1n) is 18.9. The summed E-state index contributed by atoms with van der Waals surface area (Å²) in [4.78, 5) is 30.1. The monoisotopic (exact) mass is 747 g/mol. The first kappa shape index (κ1) is 45.1. The third-order valence-corrected chi connectivity index (χ3v) is 12.3. The molecule has 3 aliphatic heterocycles. The summed E-state index contributed by atoms with van der Waals surface area (Å²) >= 11 is 0. The second-order valence-electron chi connectivity index (χ2n) is 16.6. The van der Waals surface area contributed by atoms with Crippen LogP contribution in [0.15, 0.2) is 0 Å². The number of Topliss-reactive ketones (excluding diaryl/α,β-unsaturated/α-hetero) is 1. The highest BCUT2D eigenvalue weighted by Gasteiger charge is 2.54. The van der Waals surface area contributed by atoms with Crippen molar-refractivity contribution in [2.45, 2.75) is 179 Å². The van der Waals surface area contributed by atoms with Gasteiger partial charge in [0, 0.05) is 44.4 Å². The number of carbonyl (C=O) groups is 2. The molecule has 18 atom stereocenters. The van der Waals surface area contributed by atoms with E-state index in [2.05, 4.69) is 0 Å². The molecule has 14 nitrogen and oxygen atoms in total. The van der Waals surface area contributed by atoms with Gasteiger partial charge >= 0.3 is 5.97 Å². The van der Waals surface area contributed by atoms with E-state index < -0.39 is 102 Å². The minimum absolute atomic E-state index is 0.111. The van der Waals surface area contributed by atoms with Crippen LogP contribution in [0.2, 0.25) is 0 Å². The predicted octanol–water partition coefficient (Wildman–Crippen LogP) is 2.44. The highest BCUT2D eigenvalue weighted by atomic mass is 16.7. The molecular weight excluding hydrogens is 678 g/mol. The Balaban J connectivity index is 2.22. The molecule has 3 saturated heterocycles. The van der Waals surface area contributed by atoms with Gasteiger partial charge in [-0.3, -0.25) is 9.59 Å². The molecule has 0 aromatic carbocycles. The van der Waals surface area contributed by atoms with E-state index in [0.717, 1.165) is 0 Å². The van der Waals surface area contributed by atoms with E-state index in [-0.39, 0.29) is 37.2 Å². The van der Waals surface area contributed by atoms with Crippen LogP contribution in [0.25, 0.3) is 0 Å². The topological polar surface area (TPSA) is 183 Å². The molecule has 14 heteroatoms. The first-order chi connectivity index (χ1) is 24.0. The molecule has 2 unspecified atom stereocenters. The minimum atomic E-state index is -1.96. The van der Waals surface area contributed by atoms with Crippen molar-refractivity contribution in [2.24, 2.45) is 23.7 Å². The van der Waals surface area contributed by atoms with E-state index in [9.17, 15) is 30.0 Å². The number of esters is 1. The smallest absolute Gasteiger partial charge is 0.311 e. The third kappa shape index (κ3) is 9.38. The zero-order chi connectivity index (χ0) is 39.7. The summed E-state index contributed by atoms with van der Waals surface area (Å²) in [5.74, 6) is -4.47. The molecule has 52 heavy (non-hydrogen) atoms. The average molecular weight is 748 g/mol. The van der Waals surface area contributed by atoms with Gasteiger partial charge in [0.15, 0.2) is 12.6 Å². The van der Waals surface area contributed by atoms with Crippen LogP contribution in [-0.2, 0) is 42.7 Å². The second-order valence-corrected chi connectivity index (χ2v) is 16.6. The van der Waals surface area contributed by atoms with Crippen molar-refractivity contribution in [2.75, 3.05) is 28.3 Å². The molecule has 3 fully saturated rings. The van der Waals surface area contributed by atoms with Crippen LogP contribution in [-0.4, -0.2) is 150 Å². The summed E-state index contributed by atoms with van der Waals surface area (Å²) < 4.78 is 43.9. The number of ketones is 1. The number of ether oxygens (including phenoxy) is 7. The van der Waals surface area contributed by atoms with Crippen LogP contribution in [0.3, 0.4) is 0 Å². The van der Waals surface area contributed by atoms with Gasteiger partial charge in [-0.25, -0.2) is 0 Å². The van der Waals surface area contributed by atoms with Crippen LogP contribution >= 0.6 is 0 Å². The lowest BCUT2D eigenvalue weighted by molar-refractivity contribution is -0.319. The minimum Gasteiger partial charge on any atom is -0.459 e. The van der Waals surface area contributed by atoms with E-state index >= 15 is 0 Å². The van der Waals surface area contributed by atoms with Gasteiger partial charge in [-0.2, -0.15) is 0 Å². The van der Waals surface area contributed by atoms with E-state index in [1.54, 1.807) is 48.5 Å². The number of rotatable bonds is 8. The van der Waals surface area contributed by atoms with Gasteiger partial charge in [-0.05, 0) is 74.9 Å². The molecule has 0 spiro atoms. The van der Waals surface area contributed by atoms with Crippen molar-refractivity contribution in [1.29, 1.82) is 0 Å². The fourth-order valence-corrected chi connectivity index (χ4v) is 8.58. The summed E-state index contributed by atoms with van der Waals surface area (Å²) in [6, 6.07) is -0.283. The number of cyclic esters (lactones) is 1. The summed E-state index contributed by atoms with van der Waals surface area (Å²) in [5.41, 5.74) is -4.24. The maximum absolute atomic E-state index is 14.2. The maximum Gasteiger partial charge on any atom is 0.311 e. The van der Waals surface area contributed by atoms with E-state index in [1.807, 2.05) is 32.8 Å². The van der Waals surface area contributed by atoms with Crippen LogP contribution in [0.4, 0.5) is 0 Å². The number of methoxy groups -OCH3 is 2. The Labute approximate surface area is 310 Å². The summed E-state index contributed by atoms with van der Waals surface area (Å²) in [5, 5.41) is 45.6. The molecule has 0 amide bonds. The zero-order valence-corrected chi connectivity index (χ0v) is 33.9. The lowest BCUT2D eigenvalue weighted by Gasteiger charge is -2.50. The summed E-state index contributed by atoms with van der Waals surface area (Å²) in [6.07, 6.45) is -8.73. The van der Waals surface area contributed by atoms with E-state index in [4.69, 9.17) is 33.2 Å². The first-order valence-corrected chi connectivity index (χ1v) is 18.9. The average Bonchev–Trinajstić information content (AvgIpc) is 3.09. The zero-order valence-electron chi connectivity index (χ0n) is 33.9. The van der Waals surface area contributed by atoms with Gasteiger partial charge in [0.2, 0.25) is 0 Å². The lowest BCUT2D eigenvalue weighted by Crippen LogP contribution is -2.61. The predicted molar refractivity (Wildman–Crippen MR) is 191 cm³/mol. The Morgan fingerprint density at radius 2 is 1.44 bits per heavy atom. The standard InChI is InChI=1S/C38H69NO13/c1-15-26-38(10,45)31(42)21(4)28(40)19(2)17-37(9,47-14)33(52-35-29(41)25(39(11)12)16-20(3)48-35)22(5)30(23(6)34(44)50-26)51-27-18-36(8,46-13)32(43)24(7)49-27/h19-27,29-33,35,41-43,45H,15-18H2,1-14H3/t19-,20-,21?,22+,23-,24+,25+,26+,27+,29-,30-,31-,32+,33-,35?,36-,37+,38-/m1/s1. The highest BCUT2D eigenvalue weighted by molar-refractivity contribution is 5.83. The Kier molecular flexibility index (Phi) is 15.3. The molecule has 0 saturated carbocycles. The van der Waals surface area contributed by atoms with Crippen molar-refractivity contribution in [3.05, 3.63) is 0 Å². The van der Waals surface area contributed by atoms with Crippen LogP contribution in [0.5, 0.6) is 0 Å². The fraction of sp³-hybridized carbons (Fsp3) is 0.947. The third-order valence-electron chi connectivity index (χ3n) is 12.3. The Morgan fingerprint density at radius 3 is 1.98 bits per heavy atom. The Hall–Kier alpha value is -1.30. The number of hydrogen-bond donors (Lipinski definition) is 4. The lowest BCUT2D eigenvalue weighted by atomic mass is 9.74. The van der Waals surface area contributed by atoms with E-state index in [0.29, 0.717) is 6.42 Å². The molecule has 3 heterocycles.